The van der Waals surface area contributed by atoms with Gasteiger partial charge >= 0.3 is 0 Å². The van der Waals surface area contributed by atoms with E-state index in [-0.39, 0.29) is 6.10 Å². The summed E-state index contributed by atoms with van der Waals surface area (Å²) in [5.74, 6) is 0. The summed E-state index contributed by atoms with van der Waals surface area (Å²) in [5.41, 5.74) is 1.15. The van der Waals surface area contributed by atoms with Crippen molar-refractivity contribution >= 4 is 16.5 Å². The molecule has 3 rings (SSSR count). The summed E-state index contributed by atoms with van der Waals surface area (Å²) in [7, 11) is 2.14. The molecule has 1 aromatic rings. The Hall–Kier alpha value is -0.650. The maximum atomic E-state index is 9.66. The molecule has 2 aliphatic rings. The Morgan fingerprint density at radius 1 is 1.50 bits per heavy atom. The first-order valence-electron chi connectivity index (χ1n) is 6.80. The SMILES string of the molecule is CN(c1nc(CN2CCCC(O)C2)cs1)C1CC1. The van der Waals surface area contributed by atoms with Crippen molar-refractivity contribution in [1.29, 1.82) is 0 Å². The van der Waals surface area contributed by atoms with Crippen LogP contribution in [0.1, 0.15) is 31.4 Å². The fraction of sp³-hybridized carbons (Fsp3) is 0.769. The molecule has 0 spiro atoms. The number of aliphatic hydroxyl groups is 1. The molecule has 18 heavy (non-hydrogen) atoms. The van der Waals surface area contributed by atoms with Gasteiger partial charge in [-0.25, -0.2) is 4.98 Å². The van der Waals surface area contributed by atoms with E-state index >= 15 is 0 Å². The first-order valence-corrected chi connectivity index (χ1v) is 7.68. The van der Waals surface area contributed by atoms with E-state index in [9.17, 15) is 5.11 Å². The van der Waals surface area contributed by atoms with Gasteiger partial charge in [-0.05, 0) is 32.2 Å². The van der Waals surface area contributed by atoms with Crippen molar-refractivity contribution in [3.63, 3.8) is 0 Å². The Morgan fingerprint density at radius 2 is 2.33 bits per heavy atom. The lowest BCUT2D eigenvalue weighted by Crippen LogP contribution is -2.37. The van der Waals surface area contributed by atoms with Crippen LogP contribution in [-0.4, -0.2) is 47.3 Å². The third kappa shape index (κ3) is 2.84. The molecule has 1 aliphatic carbocycles. The lowest BCUT2D eigenvalue weighted by Gasteiger charge is -2.29. The maximum Gasteiger partial charge on any atom is 0.185 e. The number of nitrogens with zero attached hydrogens (tertiary/aromatic N) is 3. The normalized spacial score (nSPS) is 25.3. The zero-order valence-corrected chi connectivity index (χ0v) is 11.7. The summed E-state index contributed by atoms with van der Waals surface area (Å²) >= 11 is 1.74. The number of aromatic nitrogens is 1. The summed E-state index contributed by atoms with van der Waals surface area (Å²) < 4.78 is 0. The Morgan fingerprint density at radius 3 is 3.06 bits per heavy atom. The number of rotatable bonds is 4. The van der Waals surface area contributed by atoms with E-state index < -0.39 is 0 Å². The van der Waals surface area contributed by atoms with Crippen LogP contribution in [0.5, 0.6) is 0 Å². The van der Waals surface area contributed by atoms with Crippen LogP contribution in [-0.2, 0) is 6.54 Å². The van der Waals surface area contributed by atoms with Crippen LogP contribution in [0.3, 0.4) is 0 Å². The lowest BCUT2D eigenvalue weighted by atomic mass is 10.1. The number of piperidine rings is 1. The van der Waals surface area contributed by atoms with Gasteiger partial charge < -0.3 is 10.0 Å². The molecule has 0 amide bonds. The van der Waals surface area contributed by atoms with Crippen molar-refractivity contribution in [2.75, 3.05) is 25.0 Å². The van der Waals surface area contributed by atoms with Gasteiger partial charge in [0.05, 0.1) is 11.8 Å². The minimum Gasteiger partial charge on any atom is -0.392 e. The molecule has 1 aliphatic heterocycles. The van der Waals surface area contributed by atoms with Gasteiger partial charge in [0.25, 0.3) is 0 Å². The highest BCUT2D eigenvalue weighted by molar-refractivity contribution is 7.13. The predicted molar refractivity (Wildman–Crippen MR) is 74.1 cm³/mol. The maximum absolute atomic E-state index is 9.66. The second-order valence-electron chi connectivity index (χ2n) is 5.49. The summed E-state index contributed by atoms with van der Waals surface area (Å²) in [6, 6.07) is 0.723. The molecule has 1 atom stereocenters. The average molecular weight is 267 g/mol. The van der Waals surface area contributed by atoms with Crippen molar-refractivity contribution in [3.8, 4) is 0 Å². The topological polar surface area (TPSA) is 39.6 Å². The van der Waals surface area contributed by atoms with Gasteiger partial charge in [-0.3, -0.25) is 4.90 Å². The van der Waals surface area contributed by atoms with E-state index in [1.807, 2.05) is 0 Å². The summed E-state index contributed by atoms with van der Waals surface area (Å²) in [6.07, 6.45) is 4.52. The molecule has 100 valence electrons. The molecule has 0 aromatic carbocycles. The van der Waals surface area contributed by atoms with E-state index in [2.05, 4.69) is 22.2 Å². The quantitative estimate of drug-likeness (QED) is 0.901. The second kappa shape index (κ2) is 5.15. The van der Waals surface area contributed by atoms with E-state index in [1.165, 1.54) is 12.8 Å². The van der Waals surface area contributed by atoms with Gasteiger partial charge in [-0.1, -0.05) is 0 Å². The first kappa shape index (κ1) is 12.4. The van der Waals surface area contributed by atoms with Crippen LogP contribution >= 0.6 is 11.3 Å². The zero-order valence-electron chi connectivity index (χ0n) is 10.9. The van der Waals surface area contributed by atoms with Crippen LogP contribution < -0.4 is 4.90 Å². The van der Waals surface area contributed by atoms with Crippen molar-refractivity contribution in [2.24, 2.45) is 0 Å². The fourth-order valence-electron chi connectivity index (χ4n) is 2.55. The molecule has 2 fully saturated rings. The fourth-order valence-corrected chi connectivity index (χ4v) is 3.41. The standard InChI is InChI=1S/C13H21N3OS/c1-15(11-4-5-11)13-14-10(9-18-13)7-16-6-2-3-12(17)8-16/h9,11-12,17H,2-8H2,1H3. The number of thiazole rings is 1. The minimum absolute atomic E-state index is 0.147. The van der Waals surface area contributed by atoms with Crippen LogP contribution in [0.15, 0.2) is 5.38 Å². The number of hydrogen-bond acceptors (Lipinski definition) is 5. The van der Waals surface area contributed by atoms with Gasteiger partial charge in [-0.15, -0.1) is 11.3 Å². The molecular formula is C13H21N3OS. The highest BCUT2D eigenvalue weighted by atomic mass is 32.1. The van der Waals surface area contributed by atoms with Crippen molar-refractivity contribution in [2.45, 2.75) is 44.4 Å². The third-order valence-corrected chi connectivity index (χ3v) is 4.78. The number of hydrogen-bond donors (Lipinski definition) is 1. The minimum atomic E-state index is -0.147. The molecular weight excluding hydrogens is 246 g/mol. The van der Waals surface area contributed by atoms with Crippen LogP contribution in [0.25, 0.3) is 0 Å². The molecule has 0 radical (unpaired) electrons. The molecule has 1 saturated carbocycles. The van der Waals surface area contributed by atoms with E-state index in [4.69, 9.17) is 4.98 Å². The molecule has 1 N–H and O–H groups in total. The first-order chi connectivity index (χ1) is 8.72. The monoisotopic (exact) mass is 267 g/mol. The summed E-state index contributed by atoms with van der Waals surface area (Å²) in [4.78, 5) is 9.33. The van der Waals surface area contributed by atoms with Crippen LogP contribution in [0, 0.1) is 0 Å². The van der Waals surface area contributed by atoms with Crippen LogP contribution in [0.2, 0.25) is 0 Å². The molecule has 0 bridgehead atoms. The van der Waals surface area contributed by atoms with Crippen LogP contribution in [0.4, 0.5) is 5.13 Å². The molecule has 1 unspecified atom stereocenters. The molecule has 4 nitrogen and oxygen atoms in total. The Balaban J connectivity index is 1.59. The molecule has 5 heteroatoms. The number of β-amino-alcohol motifs (C(OH)–C–C–N with tert-alkyl or cyclic N) is 1. The van der Waals surface area contributed by atoms with E-state index in [0.29, 0.717) is 0 Å². The summed E-state index contributed by atoms with van der Waals surface area (Å²) in [5, 5.41) is 13.0. The predicted octanol–water partition coefficient (Wildman–Crippen LogP) is 1.70. The number of likely N-dealkylation sites (tertiary alicyclic amines) is 1. The van der Waals surface area contributed by atoms with Gasteiger partial charge in [0.1, 0.15) is 0 Å². The van der Waals surface area contributed by atoms with Gasteiger partial charge in [0, 0.05) is 31.6 Å². The van der Waals surface area contributed by atoms with Crippen molar-refractivity contribution in [3.05, 3.63) is 11.1 Å². The average Bonchev–Trinajstić information content (AvgIpc) is 3.09. The number of anilines is 1. The van der Waals surface area contributed by atoms with Gasteiger partial charge in [0.15, 0.2) is 5.13 Å². The Labute approximate surface area is 112 Å². The largest absolute Gasteiger partial charge is 0.392 e. The van der Waals surface area contributed by atoms with Crippen molar-refractivity contribution in [1.82, 2.24) is 9.88 Å². The Kier molecular flexibility index (Phi) is 3.54. The lowest BCUT2D eigenvalue weighted by molar-refractivity contribution is 0.0663. The zero-order chi connectivity index (χ0) is 12.5. The molecule has 1 aromatic heterocycles. The van der Waals surface area contributed by atoms with Gasteiger partial charge in [-0.2, -0.15) is 0 Å². The van der Waals surface area contributed by atoms with E-state index in [1.54, 1.807) is 11.3 Å². The highest BCUT2D eigenvalue weighted by Gasteiger charge is 2.28. The number of aliphatic hydroxyl groups excluding tert-OH is 1. The van der Waals surface area contributed by atoms with Crippen molar-refractivity contribution < 1.29 is 5.11 Å². The summed E-state index contributed by atoms with van der Waals surface area (Å²) in [6.45, 7) is 2.76. The highest BCUT2D eigenvalue weighted by Crippen LogP contribution is 2.32. The molecule has 2 heterocycles. The molecule has 1 saturated heterocycles. The third-order valence-electron chi connectivity index (χ3n) is 3.80. The smallest absolute Gasteiger partial charge is 0.185 e. The van der Waals surface area contributed by atoms with Gasteiger partial charge in [0.2, 0.25) is 0 Å². The van der Waals surface area contributed by atoms with E-state index in [0.717, 1.165) is 49.3 Å². The second-order valence-corrected chi connectivity index (χ2v) is 6.33. The Bertz CT molecular complexity index is 405.